The van der Waals surface area contributed by atoms with E-state index in [2.05, 4.69) is 4.98 Å². The van der Waals surface area contributed by atoms with Crippen LogP contribution in [0, 0.1) is 6.92 Å². The van der Waals surface area contributed by atoms with Crippen molar-refractivity contribution in [3.8, 4) is 5.75 Å². The zero-order chi connectivity index (χ0) is 27.1. The summed E-state index contributed by atoms with van der Waals surface area (Å²) in [7, 11) is -4.73. The predicted molar refractivity (Wildman–Crippen MR) is 127 cm³/mol. The lowest BCUT2D eigenvalue weighted by molar-refractivity contribution is -0.154. The molecule has 198 valence electrons. The van der Waals surface area contributed by atoms with Crippen molar-refractivity contribution in [3.63, 3.8) is 0 Å². The number of Topliss-reactive ketones (excluding diaryl/α,β-unsaturated/α-hetero) is 1. The average molecular weight is 549 g/mol. The molecule has 36 heavy (non-hydrogen) atoms. The highest BCUT2D eigenvalue weighted by molar-refractivity contribution is 7.94. The third-order valence-corrected chi connectivity index (χ3v) is 8.27. The Morgan fingerprint density at radius 2 is 1.92 bits per heavy atom. The van der Waals surface area contributed by atoms with Crippen LogP contribution in [0.5, 0.6) is 5.75 Å². The van der Waals surface area contributed by atoms with E-state index < -0.39 is 43.8 Å². The van der Waals surface area contributed by atoms with Crippen LogP contribution >= 0.6 is 11.3 Å². The number of carbonyl (C=O) groups is 2. The fraction of sp³-hybridized carbons (Fsp3) is 0.522. The van der Waals surface area contributed by atoms with Gasteiger partial charge in [0.15, 0.2) is 9.90 Å². The number of alkyl halides is 3. The number of thiazole rings is 1. The SMILES string of the molecule is CC(=O)CC[C@H]1CN(S(=O)(=O)c2sc(C)nc2C(F)(F)F)c2cc(CC(=O)OC(C)(C)C)ccc2O1. The van der Waals surface area contributed by atoms with Crippen molar-refractivity contribution in [2.75, 3.05) is 10.8 Å². The summed E-state index contributed by atoms with van der Waals surface area (Å²) in [5, 5.41) is -0.0545. The second kappa shape index (κ2) is 10.0. The second-order valence-electron chi connectivity index (χ2n) is 9.45. The molecule has 1 aromatic carbocycles. The number of halogens is 3. The van der Waals surface area contributed by atoms with E-state index in [0.717, 1.165) is 4.31 Å². The molecule has 3 rings (SSSR count). The van der Waals surface area contributed by atoms with Crippen molar-refractivity contribution in [3.05, 3.63) is 34.5 Å². The minimum Gasteiger partial charge on any atom is -0.486 e. The smallest absolute Gasteiger partial charge is 0.435 e. The van der Waals surface area contributed by atoms with Gasteiger partial charge >= 0.3 is 12.1 Å². The molecule has 1 aliphatic rings. The monoisotopic (exact) mass is 548 g/mol. The Morgan fingerprint density at radius 3 is 2.50 bits per heavy atom. The summed E-state index contributed by atoms with van der Waals surface area (Å²) in [5.41, 5.74) is -1.82. The predicted octanol–water partition coefficient (Wildman–Crippen LogP) is 4.68. The summed E-state index contributed by atoms with van der Waals surface area (Å²) in [5.74, 6) is -0.574. The lowest BCUT2D eigenvalue weighted by Crippen LogP contribution is -2.44. The number of sulfonamides is 1. The van der Waals surface area contributed by atoms with Crippen LogP contribution in [0.1, 0.15) is 56.8 Å². The highest BCUT2D eigenvalue weighted by Crippen LogP contribution is 2.43. The molecule has 2 heterocycles. The second-order valence-corrected chi connectivity index (χ2v) is 12.7. The molecule has 0 aliphatic carbocycles. The van der Waals surface area contributed by atoms with Gasteiger partial charge in [-0.05, 0) is 58.7 Å². The third kappa shape index (κ3) is 6.55. The first kappa shape index (κ1) is 27.9. The molecule has 0 saturated carbocycles. The maximum atomic E-state index is 13.6. The van der Waals surface area contributed by atoms with E-state index in [1.54, 1.807) is 26.8 Å². The van der Waals surface area contributed by atoms with E-state index in [1.165, 1.54) is 26.0 Å². The molecule has 1 atom stereocenters. The maximum absolute atomic E-state index is 13.6. The number of hydrogen-bond acceptors (Lipinski definition) is 8. The zero-order valence-corrected chi connectivity index (χ0v) is 22.1. The van der Waals surface area contributed by atoms with E-state index in [-0.39, 0.29) is 48.0 Å². The van der Waals surface area contributed by atoms with Crippen LogP contribution < -0.4 is 9.04 Å². The number of ketones is 1. The first-order valence-corrected chi connectivity index (χ1v) is 13.3. The molecule has 0 spiro atoms. The molecule has 0 amide bonds. The Morgan fingerprint density at radius 1 is 1.25 bits per heavy atom. The van der Waals surface area contributed by atoms with Gasteiger partial charge in [-0.2, -0.15) is 13.2 Å². The Labute approximate surface area is 211 Å². The first-order valence-electron chi connectivity index (χ1n) is 11.1. The van der Waals surface area contributed by atoms with Gasteiger partial charge in [-0.25, -0.2) is 13.4 Å². The molecule has 13 heteroatoms. The standard InChI is InChI=1S/C23H27F3N2O6S2/c1-13(29)6-8-16-12-28(36(31,32)21-20(23(24,25)26)27-14(2)35-21)17-10-15(7-9-18(17)33-16)11-19(30)34-22(3,4)5/h7,9-10,16H,6,8,11-12H2,1-5H3/t16-/m0/s1. The number of hydrogen-bond donors (Lipinski definition) is 0. The van der Waals surface area contributed by atoms with Crippen molar-refractivity contribution in [2.24, 2.45) is 0 Å². The molecular formula is C23H27F3N2O6S2. The molecule has 0 unspecified atom stereocenters. The number of carbonyl (C=O) groups excluding carboxylic acids is 2. The molecule has 1 aromatic heterocycles. The van der Waals surface area contributed by atoms with Crippen molar-refractivity contribution in [2.45, 2.75) is 76.0 Å². The number of aryl methyl sites for hydroxylation is 1. The van der Waals surface area contributed by atoms with E-state index in [4.69, 9.17) is 9.47 Å². The van der Waals surface area contributed by atoms with Gasteiger partial charge in [-0.3, -0.25) is 9.10 Å². The number of nitrogens with zero attached hydrogens (tertiary/aromatic N) is 2. The van der Waals surface area contributed by atoms with Gasteiger partial charge in [0, 0.05) is 6.42 Å². The van der Waals surface area contributed by atoms with E-state index in [0.29, 0.717) is 16.9 Å². The van der Waals surface area contributed by atoms with Crippen LogP contribution in [0.15, 0.2) is 22.4 Å². The zero-order valence-electron chi connectivity index (χ0n) is 20.4. The minimum absolute atomic E-state index is 0.00527. The largest absolute Gasteiger partial charge is 0.486 e. The number of benzene rings is 1. The highest BCUT2D eigenvalue weighted by Gasteiger charge is 2.45. The van der Waals surface area contributed by atoms with Crippen LogP contribution in [0.25, 0.3) is 0 Å². The van der Waals surface area contributed by atoms with Gasteiger partial charge in [-0.1, -0.05) is 6.07 Å². The van der Waals surface area contributed by atoms with Crippen LogP contribution in [0.4, 0.5) is 18.9 Å². The van der Waals surface area contributed by atoms with Crippen molar-refractivity contribution in [1.82, 2.24) is 4.98 Å². The van der Waals surface area contributed by atoms with Gasteiger partial charge in [0.05, 0.1) is 23.7 Å². The quantitative estimate of drug-likeness (QED) is 0.463. The molecule has 0 radical (unpaired) electrons. The lowest BCUT2D eigenvalue weighted by atomic mass is 10.1. The summed E-state index contributed by atoms with van der Waals surface area (Å²) in [4.78, 5) is 27.2. The van der Waals surface area contributed by atoms with Crippen molar-refractivity contribution in [1.29, 1.82) is 0 Å². The maximum Gasteiger partial charge on any atom is 0.435 e. The topological polar surface area (TPSA) is 103 Å². The molecule has 8 nitrogen and oxygen atoms in total. The van der Waals surface area contributed by atoms with Gasteiger partial charge in [-0.15, -0.1) is 11.3 Å². The molecule has 0 N–H and O–H groups in total. The van der Waals surface area contributed by atoms with Crippen molar-refractivity contribution >= 4 is 38.8 Å². The average Bonchev–Trinajstić information content (AvgIpc) is 3.13. The van der Waals surface area contributed by atoms with Gasteiger partial charge < -0.3 is 14.3 Å². The molecule has 1 aliphatic heterocycles. The van der Waals surface area contributed by atoms with Crippen LogP contribution in [0.3, 0.4) is 0 Å². The molecular weight excluding hydrogens is 521 g/mol. The molecule has 2 aromatic rings. The minimum atomic E-state index is -4.98. The Hall–Kier alpha value is -2.67. The summed E-state index contributed by atoms with van der Waals surface area (Å²) < 4.78 is 79.2. The van der Waals surface area contributed by atoms with Gasteiger partial charge in [0.25, 0.3) is 10.0 Å². The number of fused-ring (bicyclic) bond motifs is 1. The number of rotatable bonds is 7. The van der Waals surface area contributed by atoms with Crippen LogP contribution in [0.2, 0.25) is 0 Å². The summed E-state index contributed by atoms with van der Waals surface area (Å²) in [6.07, 6.45) is -5.64. The molecule has 0 fully saturated rings. The highest BCUT2D eigenvalue weighted by atomic mass is 32.2. The number of aromatic nitrogens is 1. The lowest BCUT2D eigenvalue weighted by Gasteiger charge is -2.35. The van der Waals surface area contributed by atoms with E-state index in [9.17, 15) is 31.2 Å². The Kier molecular flexibility index (Phi) is 7.75. The van der Waals surface area contributed by atoms with Crippen LogP contribution in [-0.2, 0) is 36.9 Å². The summed E-state index contributed by atoms with van der Waals surface area (Å²) >= 11 is 0.427. The van der Waals surface area contributed by atoms with Crippen LogP contribution in [-0.4, -0.2) is 43.4 Å². The number of esters is 1. The normalized spacial score (nSPS) is 16.3. The fourth-order valence-electron chi connectivity index (χ4n) is 3.62. The number of ether oxygens (including phenoxy) is 2. The summed E-state index contributed by atoms with van der Waals surface area (Å²) in [6, 6.07) is 4.40. The molecule has 0 bridgehead atoms. The van der Waals surface area contributed by atoms with Gasteiger partial charge in [0.2, 0.25) is 0 Å². The van der Waals surface area contributed by atoms with Crippen molar-refractivity contribution < 1.29 is 40.7 Å². The number of anilines is 1. The first-order chi connectivity index (χ1) is 16.5. The fourth-order valence-corrected chi connectivity index (χ4v) is 6.70. The van der Waals surface area contributed by atoms with E-state index >= 15 is 0 Å². The Bertz CT molecular complexity index is 1270. The Balaban J connectivity index is 2.07. The third-order valence-electron chi connectivity index (χ3n) is 5.04. The summed E-state index contributed by atoms with van der Waals surface area (Å²) in [6.45, 7) is 7.47. The van der Waals surface area contributed by atoms with Gasteiger partial charge in [0.1, 0.15) is 23.2 Å². The molecule has 0 saturated heterocycles. The van der Waals surface area contributed by atoms with E-state index in [1.807, 2.05) is 0 Å².